The Kier molecular flexibility index (Phi) is 5.00. The van der Waals surface area contributed by atoms with Crippen molar-refractivity contribution in [3.63, 3.8) is 0 Å². The van der Waals surface area contributed by atoms with Crippen LogP contribution in [0.1, 0.15) is 38.9 Å². The molecule has 7 nitrogen and oxygen atoms in total. The zero-order chi connectivity index (χ0) is 20.6. The zero-order valence-corrected chi connectivity index (χ0v) is 16.7. The summed E-state index contributed by atoms with van der Waals surface area (Å²) >= 11 is 0. The van der Waals surface area contributed by atoms with E-state index in [9.17, 15) is 14.4 Å². The lowest BCUT2D eigenvalue weighted by molar-refractivity contribution is -0.111. The van der Waals surface area contributed by atoms with Gasteiger partial charge in [0.25, 0.3) is 17.4 Å². The number of aryl methyl sites for hydroxylation is 1. The molecular weight excluding hydrogens is 370 g/mol. The molecule has 29 heavy (non-hydrogen) atoms. The average Bonchev–Trinajstić information content (AvgIpc) is 2.68. The Labute approximate surface area is 169 Å². The van der Waals surface area contributed by atoms with Gasteiger partial charge >= 0.3 is 0 Å². The summed E-state index contributed by atoms with van der Waals surface area (Å²) in [6.45, 7) is 7.16. The van der Waals surface area contributed by atoms with Crippen molar-refractivity contribution >= 4 is 11.8 Å². The molecule has 4 rings (SSSR count). The number of hydrogen-bond acceptors (Lipinski definition) is 4. The van der Waals surface area contributed by atoms with Gasteiger partial charge in [-0.05, 0) is 24.6 Å². The smallest absolute Gasteiger partial charge is 0.270 e. The van der Waals surface area contributed by atoms with E-state index in [0.717, 1.165) is 11.1 Å². The molecule has 1 fully saturated rings. The van der Waals surface area contributed by atoms with E-state index in [0.29, 0.717) is 45.1 Å². The molecule has 1 aromatic carbocycles. The van der Waals surface area contributed by atoms with Crippen molar-refractivity contribution < 1.29 is 14.3 Å². The van der Waals surface area contributed by atoms with Gasteiger partial charge in [0.15, 0.2) is 0 Å². The van der Waals surface area contributed by atoms with Crippen molar-refractivity contribution in [1.82, 2.24) is 14.8 Å². The molecule has 2 amide bonds. The van der Waals surface area contributed by atoms with Gasteiger partial charge in [0.2, 0.25) is 0 Å². The van der Waals surface area contributed by atoms with E-state index in [-0.39, 0.29) is 16.9 Å². The fraction of sp³-hybridized carbons (Fsp3) is 0.409. The van der Waals surface area contributed by atoms with Gasteiger partial charge in [-0.3, -0.25) is 14.4 Å². The summed E-state index contributed by atoms with van der Waals surface area (Å²) in [4.78, 5) is 40.0. The van der Waals surface area contributed by atoms with Crippen LogP contribution in [0.25, 0.3) is 0 Å². The SMILES string of the molecule is Cc1ccc(CNC(=O)c2ccc3n(c2=O)CCN(CC2(C)COC2)C3=O)cc1. The number of benzene rings is 1. The predicted octanol–water partition coefficient (Wildman–Crippen LogP) is 1.58. The molecule has 0 unspecified atom stereocenters. The van der Waals surface area contributed by atoms with Crippen LogP contribution in [0.2, 0.25) is 0 Å². The highest BCUT2D eigenvalue weighted by Gasteiger charge is 2.38. The minimum Gasteiger partial charge on any atom is -0.380 e. The highest BCUT2D eigenvalue weighted by atomic mass is 16.5. The van der Waals surface area contributed by atoms with Crippen molar-refractivity contribution in [2.75, 3.05) is 26.3 Å². The summed E-state index contributed by atoms with van der Waals surface area (Å²) in [5, 5.41) is 2.79. The zero-order valence-electron chi connectivity index (χ0n) is 16.7. The summed E-state index contributed by atoms with van der Waals surface area (Å²) in [5.74, 6) is -0.604. The maximum atomic E-state index is 12.8. The van der Waals surface area contributed by atoms with E-state index < -0.39 is 11.5 Å². The van der Waals surface area contributed by atoms with Crippen molar-refractivity contribution in [2.24, 2.45) is 5.41 Å². The highest BCUT2D eigenvalue weighted by Crippen LogP contribution is 2.28. The number of nitrogens with one attached hydrogen (secondary N) is 1. The van der Waals surface area contributed by atoms with Crippen molar-refractivity contribution in [2.45, 2.75) is 26.9 Å². The number of carbonyl (C=O) groups is 2. The van der Waals surface area contributed by atoms with Crippen LogP contribution in [0, 0.1) is 12.3 Å². The first-order chi connectivity index (χ1) is 13.9. The lowest BCUT2D eigenvalue weighted by atomic mass is 9.88. The van der Waals surface area contributed by atoms with Gasteiger partial charge in [-0.25, -0.2) is 0 Å². The average molecular weight is 395 g/mol. The van der Waals surface area contributed by atoms with E-state index in [1.54, 1.807) is 11.0 Å². The van der Waals surface area contributed by atoms with Gasteiger partial charge in [0.05, 0.1) is 13.2 Å². The predicted molar refractivity (Wildman–Crippen MR) is 108 cm³/mol. The van der Waals surface area contributed by atoms with Gasteiger partial charge in [0.1, 0.15) is 11.3 Å². The number of pyridine rings is 1. The lowest BCUT2D eigenvalue weighted by Crippen LogP contribution is -2.54. The van der Waals surface area contributed by atoms with Crippen molar-refractivity contribution in [3.8, 4) is 0 Å². The van der Waals surface area contributed by atoms with Gasteiger partial charge in [-0.15, -0.1) is 0 Å². The molecule has 2 aliphatic rings. The summed E-state index contributed by atoms with van der Waals surface area (Å²) in [7, 11) is 0. The van der Waals surface area contributed by atoms with Gasteiger partial charge < -0.3 is 19.5 Å². The number of ether oxygens (including phenoxy) is 1. The Bertz CT molecular complexity index is 1010. The lowest BCUT2D eigenvalue weighted by Gasteiger charge is -2.43. The van der Waals surface area contributed by atoms with Crippen LogP contribution in [0.3, 0.4) is 0 Å². The van der Waals surface area contributed by atoms with Crippen LogP contribution in [-0.2, 0) is 17.8 Å². The number of rotatable bonds is 5. The molecule has 2 aliphatic heterocycles. The molecule has 7 heteroatoms. The number of carbonyl (C=O) groups excluding carboxylic acids is 2. The molecule has 0 radical (unpaired) electrons. The Morgan fingerprint density at radius 3 is 2.48 bits per heavy atom. The number of aromatic nitrogens is 1. The number of amides is 2. The molecule has 0 bridgehead atoms. The standard InChI is InChI=1S/C22H25N3O4/c1-15-3-5-16(6-4-15)11-23-19(26)17-7-8-18-21(28)24(9-10-25(18)20(17)27)12-22(2)13-29-14-22/h3-8H,9-14H2,1-2H3,(H,23,26). The molecule has 0 saturated carbocycles. The van der Waals surface area contributed by atoms with Crippen LogP contribution >= 0.6 is 0 Å². The second-order valence-electron chi connectivity index (χ2n) is 8.29. The van der Waals surface area contributed by atoms with Crippen LogP contribution in [0.5, 0.6) is 0 Å². The van der Waals surface area contributed by atoms with E-state index >= 15 is 0 Å². The number of hydrogen-bond donors (Lipinski definition) is 1. The van der Waals surface area contributed by atoms with E-state index in [1.165, 1.54) is 10.6 Å². The summed E-state index contributed by atoms with van der Waals surface area (Å²) in [6.07, 6.45) is 0. The maximum absolute atomic E-state index is 12.8. The topological polar surface area (TPSA) is 80.6 Å². The Hall–Kier alpha value is -2.93. The molecular formula is C22H25N3O4. The second kappa shape index (κ2) is 7.48. The van der Waals surface area contributed by atoms with Crippen LogP contribution < -0.4 is 10.9 Å². The Morgan fingerprint density at radius 1 is 1.10 bits per heavy atom. The first-order valence-corrected chi connectivity index (χ1v) is 9.81. The third-order valence-corrected chi connectivity index (χ3v) is 5.57. The molecule has 3 heterocycles. The maximum Gasteiger partial charge on any atom is 0.270 e. The van der Waals surface area contributed by atoms with E-state index in [1.807, 2.05) is 31.2 Å². The minimum absolute atomic E-state index is 0.0199. The molecule has 152 valence electrons. The quantitative estimate of drug-likeness (QED) is 0.834. The largest absolute Gasteiger partial charge is 0.380 e. The van der Waals surface area contributed by atoms with Crippen LogP contribution in [0.15, 0.2) is 41.2 Å². The monoisotopic (exact) mass is 395 g/mol. The fourth-order valence-corrected chi connectivity index (χ4v) is 3.78. The summed E-state index contributed by atoms with van der Waals surface area (Å²) in [6, 6.07) is 10.9. The van der Waals surface area contributed by atoms with Crippen LogP contribution in [0.4, 0.5) is 0 Å². The fourth-order valence-electron chi connectivity index (χ4n) is 3.78. The minimum atomic E-state index is -0.431. The molecule has 1 aromatic heterocycles. The third kappa shape index (κ3) is 3.82. The molecule has 0 aliphatic carbocycles. The molecule has 2 aromatic rings. The van der Waals surface area contributed by atoms with E-state index in [2.05, 4.69) is 12.2 Å². The van der Waals surface area contributed by atoms with E-state index in [4.69, 9.17) is 4.74 Å². The molecule has 1 N–H and O–H groups in total. The number of fused-ring (bicyclic) bond motifs is 1. The highest BCUT2D eigenvalue weighted by molar-refractivity contribution is 5.96. The van der Waals surface area contributed by atoms with Gasteiger partial charge in [-0.2, -0.15) is 0 Å². The molecule has 0 atom stereocenters. The third-order valence-electron chi connectivity index (χ3n) is 5.57. The van der Waals surface area contributed by atoms with Crippen LogP contribution in [-0.4, -0.2) is 47.6 Å². The van der Waals surface area contributed by atoms with Crippen molar-refractivity contribution in [3.05, 3.63) is 69.1 Å². The Morgan fingerprint density at radius 2 is 1.83 bits per heavy atom. The summed E-state index contributed by atoms with van der Waals surface area (Å²) < 4.78 is 6.68. The molecule has 1 saturated heterocycles. The normalized spacial score (nSPS) is 17.4. The summed E-state index contributed by atoms with van der Waals surface area (Å²) in [5.41, 5.74) is 2.05. The first kappa shape index (κ1) is 19.4. The first-order valence-electron chi connectivity index (χ1n) is 9.81. The Balaban J connectivity index is 1.48. The van der Waals surface area contributed by atoms with Crippen molar-refractivity contribution in [1.29, 1.82) is 0 Å². The van der Waals surface area contributed by atoms with Gasteiger partial charge in [-0.1, -0.05) is 36.8 Å². The number of nitrogens with zero attached hydrogens (tertiary/aromatic N) is 2. The van der Waals surface area contributed by atoms with Gasteiger partial charge in [0, 0.05) is 31.6 Å². The molecule has 0 spiro atoms. The second-order valence-corrected chi connectivity index (χ2v) is 8.29.